The third-order valence-corrected chi connectivity index (χ3v) is 2.81. The van der Waals surface area contributed by atoms with Crippen molar-refractivity contribution in [1.29, 1.82) is 0 Å². The van der Waals surface area contributed by atoms with Crippen molar-refractivity contribution >= 4 is 11.9 Å². The van der Waals surface area contributed by atoms with Gasteiger partial charge in [0.1, 0.15) is 6.04 Å². The molecule has 1 aliphatic carbocycles. The van der Waals surface area contributed by atoms with Gasteiger partial charge in [-0.15, -0.1) is 0 Å². The first kappa shape index (κ1) is 13.0. The third kappa shape index (κ3) is 4.61. The molecule has 16 heavy (non-hydrogen) atoms. The minimum absolute atomic E-state index is 0.156. The van der Waals surface area contributed by atoms with Crippen molar-refractivity contribution in [2.45, 2.75) is 38.1 Å². The lowest BCUT2D eigenvalue weighted by Crippen LogP contribution is -2.34. The van der Waals surface area contributed by atoms with E-state index in [-0.39, 0.29) is 11.8 Å². The molecule has 5 nitrogen and oxygen atoms in total. The molecule has 1 rings (SSSR count). The largest absolute Gasteiger partial charge is 0.480 e. The maximum Gasteiger partial charge on any atom is 0.320 e. The normalized spacial score (nSPS) is 16.8. The van der Waals surface area contributed by atoms with Crippen LogP contribution in [-0.2, 0) is 9.59 Å². The van der Waals surface area contributed by atoms with Crippen molar-refractivity contribution in [3.8, 4) is 0 Å². The highest BCUT2D eigenvalue weighted by molar-refractivity contribution is 5.80. The number of carbonyl (C=O) groups is 2. The Bertz CT molecular complexity index is 252. The summed E-state index contributed by atoms with van der Waals surface area (Å²) in [5.41, 5.74) is 0. The van der Waals surface area contributed by atoms with E-state index in [0.717, 1.165) is 25.7 Å². The van der Waals surface area contributed by atoms with Crippen LogP contribution < -0.4 is 10.6 Å². The van der Waals surface area contributed by atoms with Gasteiger partial charge in [0, 0.05) is 12.5 Å². The van der Waals surface area contributed by atoms with E-state index >= 15 is 0 Å². The van der Waals surface area contributed by atoms with Gasteiger partial charge in [-0.05, 0) is 39.2 Å². The summed E-state index contributed by atoms with van der Waals surface area (Å²) < 4.78 is 0. The summed E-state index contributed by atoms with van der Waals surface area (Å²) in [6.45, 7) is 0.658. The van der Waals surface area contributed by atoms with Crippen LogP contribution in [0.5, 0.6) is 0 Å². The molecular formula is C11H20N2O3. The maximum atomic E-state index is 11.2. The average Bonchev–Trinajstić information content (AvgIpc) is 3.05. The van der Waals surface area contributed by atoms with Crippen LogP contribution in [0, 0.1) is 5.92 Å². The fraction of sp³-hybridized carbons (Fsp3) is 0.818. The van der Waals surface area contributed by atoms with Crippen molar-refractivity contribution in [1.82, 2.24) is 10.6 Å². The Labute approximate surface area is 95.6 Å². The maximum absolute atomic E-state index is 11.2. The standard InChI is InChI=1S/C11H20N2O3/c1-12-9(11(15)16)4-2-3-7-13-10(14)8-5-6-8/h8-9,12H,2-7H2,1H3,(H,13,14)(H,15,16)/t9-/m0/s1. The van der Waals surface area contributed by atoms with Gasteiger partial charge in [0.05, 0.1) is 0 Å². The van der Waals surface area contributed by atoms with Crippen molar-refractivity contribution in [2.24, 2.45) is 5.92 Å². The fourth-order valence-corrected chi connectivity index (χ4v) is 1.57. The summed E-state index contributed by atoms with van der Waals surface area (Å²) in [6, 6.07) is -0.473. The van der Waals surface area contributed by atoms with Gasteiger partial charge in [-0.1, -0.05) is 0 Å². The van der Waals surface area contributed by atoms with Gasteiger partial charge in [0.25, 0.3) is 0 Å². The van der Waals surface area contributed by atoms with Crippen LogP contribution in [0.2, 0.25) is 0 Å². The first-order valence-electron chi connectivity index (χ1n) is 5.83. The minimum Gasteiger partial charge on any atom is -0.480 e. The summed E-state index contributed by atoms with van der Waals surface area (Å²) in [5.74, 6) is -0.406. The highest BCUT2D eigenvalue weighted by Gasteiger charge is 2.28. The second-order valence-electron chi connectivity index (χ2n) is 4.24. The third-order valence-electron chi connectivity index (χ3n) is 2.81. The Morgan fingerprint density at radius 2 is 2.06 bits per heavy atom. The van der Waals surface area contributed by atoms with E-state index < -0.39 is 12.0 Å². The van der Waals surface area contributed by atoms with Gasteiger partial charge in [-0.3, -0.25) is 9.59 Å². The van der Waals surface area contributed by atoms with E-state index in [0.29, 0.717) is 13.0 Å². The lowest BCUT2D eigenvalue weighted by atomic mass is 10.1. The summed E-state index contributed by atoms with van der Waals surface area (Å²) in [7, 11) is 1.65. The lowest BCUT2D eigenvalue weighted by molar-refractivity contribution is -0.139. The molecule has 92 valence electrons. The number of likely N-dealkylation sites (N-methyl/N-ethyl adjacent to an activating group) is 1. The predicted molar refractivity (Wildman–Crippen MR) is 60.1 cm³/mol. The molecule has 0 radical (unpaired) electrons. The molecule has 0 heterocycles. The molecular weight excluding hydrogens is 208 g/mol. The van der Waals surface area contributed by atoms with Gasteiger partial charge < -0.3 is 15.7 Å². The number of nitrogens with one attached hydrogen (secondary N) is 2. The number of rotatable bonds is 8. The van der Waals surface area contributed by atoms with Crippen LogP contribution >= 0.6 is 0 Å². The van der Waals surface area contributed by atoms with Gasteiger partial charge in [-0.25, -0.2) is 0 Å². The van der Waals surface area contributed by atoms with Crippen LogP contribution in [0.25, 0.3) is 0 Å². The highest BCUT2D eigenvalue weighted by atomic mass is 16.4. The summed E-state index contributed by atoms with van der Waals surface area (Å²) in [4.78, 5) is 21.9. The quantitative estimate of drug-likeness (QED) is 0.524. The lowest BCUT2D eigenvalue weighted by Gasteiger charge is -2.10. The van der Waals surface area contributed by atoms with Crippen LogP contribution in [0.4, 0.5) is 0 Å². The Kier molecular flexibility index (Phi) is 5.25. The van der Waals surface area contributed by atoms with E-state index in [1.165, 1.54) is 0 Å². The number of aliphatic carboxylic acids is 1. The Balaban J connectivity index is 1.98. The number of carbonyl (C=O) groups excluding carboxylic acids is 1. The molecule has 1 atom stereocenters. The molecule has 0 aromatic heterocycles. The van der Waals surface area contributed by atoms with Gasteiger partial charge in [-0.2, -0.15) is 0 Å². The van der Waals surface area contributed by atoms with E-state index in [1.807, 2.05) is 0 Å². The molecule has 1 saturated carbocycles. The molecule has 0 spiro atoms. The van der Waals surface area contributed by atoms with Gasteiger partial charge in [0.15, 0.2) is 0 Å². The second-order valence-corrected chi connectivity index (χ2v) is 4.24. The topological polar surface area (TPSA) is 78.4 Å². The summed E-state index contributed by atoms with van der Waals surface area (Å²) >= 11 is 0. The smallest absolute Gasteiger partial charge is 0.320 e. The van der Waals surface area contributed by atoms with Crippen molar-refractivity contribution < 1.29 is 14.7 Å². The molecule has 3 N–H and O–H groups in total. The SMILES string of the molecule is CN[C@@H](CCCCNC(=O)C1CC1)C(=O)O. The monoisotopic (exact) mass is 228 g/mol. The number of carboxylic acid groups (broad SMARTS) is 1. The molecule has 1 fully saturated rings. The first-order valence-corrected chi connectivity index (χ1v) is 5.83. The van der Waals surface area contributed by atoms with E-state index in [4.69, 9.17) is 5.11 Å². The van der Waals surface area contributed by atoms with Crippen molar-refractivity contribution in [3.63, 3.8) is 0 Å². The van der Waals surface area contributed by atoms with Crippen LogP contribution in [0.15, 0.2) is 0 Å². The van der Waals surface area contributed by atoms with E-state index in [2.05, 4.69) is 10.6 Å². The molecule has 0 aliphatic heterocycles. The molecule has 1 amide bonds. The second kappa shape index (κ2) is 6.48. The molecule has 0 bridgehead atoms. The van der Waals surface area contributed by atoms with Crippen LogP contribution in [0.3, 0.4) is 0 Å². The molecule has 0 unspecified atom stereocenters. The number of hydrogen-bond acceptors (Lipinski definition) is 3. The molecule has 0 aromatic rings. The number of amides is 1. The van der Waals surface area contributed by atoms with E-state index in [1.54, 1.807) is 7.05 Å². The van der Waals surface area contributed by atoms with Gasteiger partial charge in [0.2, 0.25) is 5.91 Å². The summed E-state index contributed by atoms with van der Waals surface area (Å²) in [5, 5.41) is 14.4. The molecule has 0 aromatic carbocycles. The first-order chi connectivity index (χ1) is 7.65. The zero-order valence-electron chi connectivity index (χ0n) is 9.66. The summed E-state index contributed by atoms with van der Waals surface area (Å²) in [6.07, 6.45) is 4.29. The Morgan fingerprint density at radius 3 is 2.56 bits per heavy atom. The van der Waals surface area contributed by atoms with E-state index in [9.17, 15) is 9.59 Å². The highest BCUT2D eigenvalue weighted by Crippen LogP contribution is 2.28. The van der Waals surface area contributed by atoms with Crippen molar-refractivity contribution in [2.75, 3.05) is 13.6 Å². The zero-order chi connectivity index (χ0) is 12.0. The van der Waals surface area contributed by atoms with Gasteiger partial charge >= 0.3 is 5.97 Å². The van der Waals surface area contributed by atoms with Crippen LogP contribution in [-0.4, -0.2) is 36.6 Å². The zero-order valence-corrected chi connectivity index (χ0v) is 9.66. The fourth-order valence-electron chi connectivity index (χ4n) is 1.57. The molecule has 1 aliphatic rings. The predicted octanol–water partition coefficient (Wildman–Crippen LogP) is 0.355. The Hall–Kier alpha value is -1.10. The van der Waals surface area contributed by atoms with Crippen molar-refractivity contribution in [3.05, 3.63) is 0 Å². The molecule has 0 saturated heterocycles. The Morgan fingerprint density at radius 1 is 1.38 bits per heavy atom. The average molecular weight is 228 g/mol. The number of unbranched alkanes of at least 4 members (excludes halogenated alkanes) is 1. The number of hydrogen-bond donors (Lipinski definition) is 3. The van der Waals surface area contributed by atoms with Crippen LogP contribution in [0.1, 0.15) is 32.1 Å². The number of carboxylic acids is 1. The molecule has 5 heteroatoms. The minimum atomic E-state index is -0.815.